The van der Waals surface area contributed by atoms with Crippen molar-refractivity contribution in [2.24, 2.45) is 0 Å². The van der Waals surface area contributed by atoms with Crippen molar-refractivity contribution in [3.05, 3.63) is 11.7 Å². The molecule has 2 nitrogen and oxygen atoms in total. The Morgan fingerprint density at radius 3 is 3.60 bits per heavy atom. The normalized spacial score (nSPS) is 33.1. The van der Waals surface area contributed by atoms with Gasteiger partial charge in [-0.05, 0) is 19.3 Å². The molecule has 1 atom stereocenters. The fraction of sp³-hybridized carbons (Fsp3) is 0.750. The average Bonchev–Trinajstić information content (AvgIpc) is 2.53. The van der Waals surface area contributed by atoms with Crippen LogP contribution in [0, 0.1) is 0 Å². The smallest absolute Gasteiger partial charge is 0.0635 e. The Bertz CT molecular complexity index is 202. The minimum atomic E-state index is 0.247. The summed E-state index contributed by atoms with van der Waals surface area (Å²) >= 11 is 0. The van der Waals surface area contributed by atoms with Gasteiger partial charge in [0.05, 0.1) is 14.0 Å². The number of rotatable bonds is 1. The van der Waals surface area contributed by atoms with Gasteiger partial charge < -0.3 is 10.0 Å². The van der Waals surface area contributed by atoms with Gasteiger partial charge in [-0.15, -0.1) is 0 Å². The zero-order valence-electron chi connectivity index (χ0n) is 7.01. The SMILES string of the molecule is [2H]C1=C2CCC(CO)N2CC1. The van der Waals surface area contributed by atoms with E-state index in [1.807, 2.05) is 0 Å². The van der Waals surface area contributed by atoms with E-state index in [1.54, 1.807) is 0 Å². The molecule has 0 saturated carbocycles. The lowest BCUT2D eigenvalue weighted by atomic mass is 10.2. The summed E-state index contributed by atoms with van der Waals surface area (Å²) in [6, 6.07) is 1.11. The molecule has 0 aromatic rings. The van der Waals surface area contributed by atoms with Crippen molar-refractivity contribution >= 4 is 0 Å². The molecule has 0 bridgehead atoms. The monoisotopic (exact) mass is 140 g/mol. The van der Waals surface area contributed by atoms with E-state index in [2.05, 4.69) is 4.90 Å². The van der Waals surface area contributed by atoms with Crippen LogP contribution in [0.1, 0.15) is 20.6 Å². The molecule has 2 heterocycles. The Hall–Kier alpha value is -0.500. The number of fused-ring (bicyclic) bond motifs is 1. The van der Waals surface area contributed by atoms with Gasteiger partial charge in [0, 0.05) is 12.2 Å². The molecule has 2 aliphatic rings. The third-order valence-electron chi connectivity index (χ3n) is 2.39. The van der Waals surface area contributed by atoms with E-state index in [4.69, 9.17) is 6.48 Å². The van der Waals surface area contributed by atoms with Gasteiger partial charge >= 0.3 is 0 Å². The minimum Gasteiger partial charge on any atom is -0.394 e. The van der Waals surface area contributed by atoms with Crippen molar-refractivity contribution in [3.8, 4) is 0 Å². The van der Waals surface area contributed by atoms with Crippen LogP contribution in [0.5, 0.6) is 0 Å². The highest BCUT2D eigenvalue weighted by Gasteiger charge is 2.28. The van der Waals surface area contributed by atoms with E-state index in [0.717, 1.165) is 31.9 Å². The predicted octanol–water partition coefficient (Wildman–Crippen LogP) is 0.731. The summed E-state index contributed by atoms with van der Waals surface area (Å²) in [5.41, 5.74) is 1.18. The second kappa shape index (κ2) is 2.27. The molecule has 0 aromatic heterocycles. The van der Waals surface area contributed by atoms with Crippen LogP contribution >= 0.6 is 0 Å². The maximum Gasteiger partial charge on any atom is 0.0635 e. The number of aliphatic hydroxyl groups is 1. The Balaban J connectivity index is 2.18. The first-order valence-corrected chi connectivity index (χ1v) is 3.89. The quantitative estimate of drug-likeness (QED) is 0.580. The third kappa shape index (κ3) is 0.754. The maximum absolute atomic E-state index is 8.97. The summed E-state index contributed by atoms with van der Waals surface area (Å²) in [5.74, 6) is 0. The molecule has 0 aromatic carbocycles. The van der Waals surface area contributed by atoms with Crippen molar-refractivity contribution in [3.63, 3.8) is 0 Å². The highest BCUT2D eigenvalue weighted by molar-refractivity contribution is 5.14. The number of allylic oxidation sites excluding steroid dienone is 1. The Morgan fingerprint density at radius 1 is 1.90 bits per heavy atom. The van der Waals surface area contributed by atoms with Crippen molar-refractivity contribution in [2.45, 2.75) is 25.3 Å². The first kappa shape index (κ1) is 5.19. The van der Waals surface area contributed by atoms with Gasteiger partial charge in [-0.3, -0.25) is 0 Å². The van der Waals surface area contributed by atoms with Gasteiger partial charge in [0.25, 0.3) is 0 Å². The standard InChI is InChI=1S/C8H13NO/c10-6-8-4-3-7-2-1-5-9(7)8/h2,8,10H,1,3-6H2/i2D. The summed E-state index contributed by atoms with van der Waals surface area (Å²) in [7, 11) is 0. The van der Waals surface area contributed by atoms with Crippen molar-refractivity contribution in [2.75, 3.05) is 13.2 Å². The lowest BCUT2D eigenvalue weighted by Crippen LogP contribution is -2.29. The molecule has 1 fully saturated rings. The summed E-state index contributed by atoms with van der Waals surface area (Å²) in [6.07, 6.45) is 2.92. The van der Waals surface area contributed by atoms with Gasteiger partial charge in [0.1, 0.15) is 0 Å². The van der Waals surface area contributed by atoms with Crippen molar-refractivity contribution < 1.29 is 6.48 Å². The molecule has 0 radical (unpaired) electrons. The predicted molar refractivity (Wildman–Crippen MR) is 39.5 cm³/mol. The first-order chi connectivity index (χ1) is 5.33. The fourth-order valence-electron chi connectivity index (χ4n) is 1.84. The molecule has 1 N–H and O–H groups in total. The van der Waals surface area contributed by atoms with Crippen molar-refractivity contribution in [1.29, 1.82) is 0 Å². The van der Waals surface area contributed by atoms with Gasteiger partial charge in [-0.1, -0.05) is 6.05 Å². The summed E-state index contributed by atoms with van der Waals surface area (Å²) in [4.78, 5) is 2.20. The second-order valence-electron chi connectivity index (χ2n) is 2.94. The minimum absolute atomic E-state index is 0.247. The highest BCUT2D eigenvalue weighted by atomic mass is 16.3. The second-order valence-corrected chi connectivity index (χ2v) is 2.94. The van der Waals surface area contributed by atoms with Gasteiger partial charge in [0.15, 0.2) is 0 Å². The number of hydrogen-bond acceptors (Lipinski definition) is 2. The number of nitrogens with zero attached hydrogens (tertiary/aromatic N) is 1. The first-order valence-electron chi connectivity index (χ1n) is 4.39. The van der Waals surface area contributed by atoms with E-state index >= 15 is 0 Å². The molecule has 1 unspecified atom stereocenters. The molecule has 0 aliphatic carbocycles. The largest absolute Gasteiger partial charge is 0.394 e. The van der Waals surface area contributed by atoms with E-state index in [9.17, 15) is 0 Å². The number of aliphatic hydroxyl groups excluding tert-OH is 1. The van der Waals surface area contributed by atoms with Crippen molar-refractivity contribution in [1.82, 2.24) is 4.90 Å². The lowest BCUT2D eigenvalue weighted by molar-refractivity contribution is 0.183. The van der Waals surface area contributed by atoms with Gasteiger partial charge in [-0.25, -0.2) is 0 Å². The molecule has 10 heavy (non-hydrogen) atoms. The van der Waals surface area contributed by atoms with Crippen LogP contribution in [-0.4, -0.2) is 29.2 Å². The Kier molecular flexibility index (Phi) is 1.18. The molecule has 1 saturated heterocycles. The summed E-state index contributed by atoms with van der Waals surface area (Å²) in [6.45, 7) is 1.20. The molecular weight excluding hydrogens is 126 g/mol. The van der Waals surface area contributed by atoms with E-state index in [-0.39, 0.29) is 6.61 Å². The molecule has 2 aliphatic heterocycles. The van der Waals surface area contributed by atoms with E-state index in [1.165, 1.54) is 5.70 Å². The molecular formula is C8H13NO. The summed E-state index contributed by atoms with van der Waals surface area (Å²) < 4.78 is 7.58. The molecule has 2 heteroatoms. The highest BCUT2D eigenvalue weighted by Crippen LogP contribution is 2.31. The third-order valence-corrected chi connectivity index (χ3v) is 2.39. The Labute approximate surface area is 62.6 Å². The average molecular weight is 140 g/mol. The van der Waals surface area contributed by atoms with Crippen LogP contribution in [0.2, 0.25) is 0 Å². The maximum atomic E-state index is 8.97. The molecule has 0 amide bonds. The zero-order valence-corrected chi connectivity index (χ0v) is 6.01. The van der Waals surface area contributed by atoms with Gasteiger partial charge in [-0.2, -0.15) is 0 Å². The molecule has 56 valence electrons. The van der Waals surface area contributed by atoms with Crippen LogP contribution in [0.15, 0.2) is 11.7 Å². The molecule has 0 spiro atoms. The Morgan fingerprint density at radius 2 is 2.80 bits per heavy atom. The van der Waals surface area contributed by atoms with Crippen LogP contribution in [0.25, 0.3) is 0 Å². The van der Waals surface area contributed by atoms with E-state index < -0.39 is 0 Å². The van der Waals surface area contributed by atoms with Gasteiger partial charge in [0.2, 0.25) is 0 Å². The van der Waals surface area contributed by atoms with Crippen LogP contribution in [-0.2, 0) is 0 Å². The fourth-order valence-corrected chi connectivity index (χ4v) is 1.84. The van der Waals surface area contributed by atoms with Crippen LogP contribution in [0.4, 0.5) is 0 Å². The topological polar surface area (TPSA) is 23.5 Å². The lowest BCUT2D eigenvalue weighted by Gasteiger charge is -2.21. The zero-order chi connectivity index (χ0) is 7.84. The van der Waals surface area contributed by atoms with Crippen LogP contribution < -0.4 is 0 Å². The molecule has 2 rings (SSSR count). The summed E-state index contributed by atoms with van der Waals surface area (Å²) in [5, 5.41) is 8.97. The van der Waals surface area contributed by atoms with E-state index in [0.29, 0.717) is 6.04 Å². The van der Waals surface area contributed by atoms with Crippen LogP contribution in [0.3, 0.4) is 0 Å². The number of hydrogen-bond donors (Lipinski definition) is 1.